The molecule has 0 aromatic heterocycles. The van der Waals surface area contributed by atoms with Crippen LogP contribution in [0, 0.1) is 17.2 Å². The van der Waals surface area contributed by atoms with E-state index in [1.807, 2.05) is 6.92 Å². The molecule has 2 aliphatic rings. The van der Waals surface area contributed by atoms with E-state index in [9.17, 15) is 4.79 Å². The Morgan fingerprint density at radius 2 is 2.05 bits per heavy atom. The number of hydrogen-bond acceptors (Lipinski definition) is 3. The maximum Gasteiger partial charge on any atom is 0.240 e. The van der Waals surface area contributed by atoms with E-state index in [-0.39, 0.29) is 18.0 Å². The quantitative estimate of drug-likeness (QED) is 0.848. The van der Waals surface area contributed by atoms with Crippen molar-refractivity contribution in [3.63, 3.8) is 0 Å². The number of rotatable bonds is 3. The molecular formula is C15H25N3O. The van der Waals surface area contributed by atoms with Gasteiger partial charge in [-0.1, -0.05) is 19.8 Å². The first kappa shape index (κ1) is 14.3. The molecule has 0 radical (unpaired) electrons. The smallest absolute Gasteiger partial charge is 0.240 e. The molecule has 2 unspecified atom stereocenters. The summed E-state index contributed by atoms with van der Waals surface area (Å²) in [5.41, 5.74) is 0. The van der Waals surface area contributed by atoms with Crippen molar-refractivity contribution in [2.75, 3.05) is 6.54 Å². The van der Waals surface area contributed by atoms with Crippen LogP contribution < -0.4 is 5.32 Å². The molecule has 0 spiro atoms. The SMILES string of the molecule is CC1CCCCC1N[C@@H](C)C(=O)N1CCC[C@H]1C#N. The highest BCUT2D eigenvalue weighted by Gasteiger charge is 2.33. The van der Waals surface area contributed by atoms with Gasteiger partial charge in [0.05, 0.1) is 12.1 Å². The molecule has 0 bridgehead atoms. The number of carbonyl (C=O) groups is 1. The summed E-state index contributed by atoms with van der Waals surface area (Å²) in [5, 5.41) is 12.6. The molecular weight excluding hydrogens is 238 g/mol. The van der Waals surface area contributed by atoms with E-state index in [2.05, 4.69) is 18.3 Å². The van der Waals surface area contributed by atoms with E-state index in [0.29, 0.717) is 12.0 Å². The molecule has 4 atom stereocenters. The van der Waals surface area contributed by atoms with Crippen LogP contribution in [0.2, 0.25) is 0 Å². The summed E-state index contributed by atoms with van der Waals surface area (Å²) in [6, 6.07) is 2.32. The lowest BCUT2D eigenvalue weighted by Gasteiger charge is -2.33. The molecule has 1 aliphatic heterocycles. The highest BCUT2D eigenvalue weighted by Crippen LogP contribution is 2.24. The summed E-state index contributed by atoms with van der Waals surface area (Å²) >= 11 is 0. The van der Waals surface area contributed by atoms with Crippen molar-refractivity contribution in [3.8, 4) is 6.07 Å². The van der Waals surface area contributed by atoms with Crippen molar-refractivity contribution >= 4 is 5.91 Å². The molecule has 4 nitrogen and oxygen atoms in total. The normalized spacial score (nSPS) is 32.9. The van der Waals surface area contributed by atoms with E-state index in [0.717, 1.165) is 19.4 Å². The molecule has 4 heteroatoms. The molecule has 0 aromatic rings. The average molecular weight is 263 g/mol. The van der Waals surface area contributed by atoms with E-state index in [4.69, 9.17) is 5.26 Å². The predicted octanol–water partition coefficient (Wildman–Crippen LogP) is 2.06. The predicted molar refractivity (Wildman–Crippen MR) is 74.4 cm³/mol. The topological polar surface area (TPSA) is 56.1 Å². The summed E-state index contributed by atoms with van der Waals surface area (Å²) < 4.78 is 0. The highest BCUT2D eigenvalue weighted by molar-refractivity contribution is 5.82. The third kappa shape index (κ3) is 3.27. The van der Waals surface area contributed by atoms with Crippen LogP contribution in [-0.2, 0) is 4.79 Å². The third-order valence-electron chi connectivity index (χ3n) is 4.63. The molecule has 1 saturated carbocycles. The molecule has 2 fully saturated rings. The number of nitriles is 1. The van der Waals surface area contributed by atoms with E-state index < -0.39 is 0 Å². The number of amides is 1. The van der Waals surface area contributed by atoms with E-state index in [1.165, 1.54) is 25.7 Å². The van der Waals surface area contributed by atoms with Crippen molar-refractivity contribution in [1.29, 1.82) is 5.26 Å². The Balaban J connectivity index is 1.90. The zero-order chi connectivity index (χ0) is 13.8. The number of nitrogens with zero attached hydrogens (tertiary/aromatic N) is 2. The van der Waals surface area contributed by atoms with Crippen molar-refractivity contribution in [2.45, 2.75) is 70.5 Å². The lowest BCUT2D eigenvalue weighted by Crippen LogP contribution is -2.51. The molecule has 0 aromatic carbocycles. The summed E-state index contributed by atoms with van der Waals surface area (Å²) in [7, 11) is 0. The zero-order valence-corrected chi connectivity index (χ0v) is 12.1. The minimum absolute atomic E-state index is 0.0989. The standard InChI is InChI=1S/C15H25N3O/c1-11-6-3-4-8-14(11)17-12(2)15(19)18-9-5-7-13(18)10-16/h11-14,17H,3-9H2,1-2H3/t11?,12-,13-,14?/m0/s1. The second-order valence-electron chi connectivity index (χ2n) is 6.08. The summed E-state index contributed by atoms with van der Waals surface area (Å²) in [6.07, 6.45) is 6.77. The van der Waals surface area contributed by atoms with Gasteiger partial charge in [0.25, 0.3) is 0 Å². The van der Waals surface area contributed by atoms with Crippen LogP contribution in [0.4, 0.5) is 0 Å². The summed E-state index contributed by atoms with van der Waals surface area (Å²) in [5.74, 6) is 0.746. The molecule has 1 amide bonds. The van der Waals surface area contributed by atoms with Gasteiger partial charge in [0.15, 0.2) is 0 Å². The first-order valence-electron chi connectivity index (χ1n) is 7.59. The lowest BCUT2D eigenvalue weighted by molar-refractivity contribution is -0.133. The van der Waals surface area contributed by atoms with Gasteiger partial charge < -0.3 is 10.2 Å². The Hall–Kier alpha value is -1.08. The van der Waals surface area contributed by atoms with Gasteiger partial charge in [-0.05, 0) is 38.5 Å². The fraction of sp³-hybridized carbons (Fsp3) is 0.867. The van der Waals surface area contributed by atoms with E-state index >= 15 is 0 Å². The van der Waals surface area contributed by atoms with Gasteiger partial charge in [-0.3, -0.25) is 4.79 Å². The molecule has 2 rings (SSSR count). The Kier molecular flexibility index (Phi) is 4.81. The van der Waals surface area contributed by atoms with Crippen molar-refractivity contribution in [3.05, 3.63) is 0 Å². The number of nitrogens with one attached hydrogen (secondary N) is 1. The average Bonchev–Trinajstić information content (AvgIpc) is 2.88. The number of carbonyl (C=O) groups excluding carboxylic acids is 1. The van der Waals surface area contributed by atoms with Gasteiger partial charge in [-0.25, -0.2) is 0 Å². The minimum Gasteiger partial charge on any atom is -0.325 e. The molecule has 1 aliphatic carbocycles. The Labute approximate surface area is 116 Å². The highest BCUT2D eigenvalue weighted by atomic mass is 16.2. The maximum absolute atomic E-state index is 12.4. The molecule has 1 saturated heterocycles. The van der Waals surface area contributed by atoms with Gasteiger partial charge in [0.1, 0.15) is 6.04 Å². The van der Waals surface area contributed by atoms with Gasteiger partial charge in [0.2, 0.25) is 5.91 Å². The maximum atomic E-state index is 12.4. The third-order valence-corrected chi connectivity index (χ3v) is 4.63. The van der Waals surface area contributed by atoms with Crippen LogP contribution in [0.1, 0.15) is 52.4 Å². The van der Waals surface area contributed by atoms with Gasteiger partial charge in [-0.15, -0.1) is 0 Å². The van der Waals surface area contributed by atoms with E-state index in [1.54, 1.807) is 4.90 Å². The monoisotopic (exact) mass is 263 g/mol. The Bertz CT molecular complexity index is 363. The van der Waals surface area contributed by atoms with Crippen LogP contribution in [0.15, 0.2) is 0 Å². The van der Waals surface area contributed by atoms with Crippen LogP contribution in [0.25, 0.3) is 0 Å². The van der Waals surface area contributed by atoms with Crippen LogP contribution in [-0.4, -0.2) is 35.5 Å². The molecule has 106 valence electrons. The minimum atomic E-state index is -0.208. The Morgan fingerprint density at radius 1 is 1.32 bits per heavy atom. The molecule has 19 heavy (non-hydrogen) atoms. The first-order valence-corrected chi connectivity index (χ1v) is 7.59. The Morgan fingerprint density at radius 3 is 2.74 bits per heavy atom. The molecule has 1 heterocycles. The largest absolute Gasteiger partial charge is 0.325 e. The second-order valence-corrected chi connectivity index (χ2v) is 6.08. The van der Waals surface area contributed by atoms with Crippen LogP contribution >= 0.6 is 0 Å². The van der Waals surface area contributed by atoms with Gasteiger partial charge in [0, 0.05) is 12.6 Å². The van der Waals surface area contributed by atoms with Crippen molar-refractivity contribution in [1.82, 2.24) is 10.2 Å². The second kappa shape index (κ2) is 6.38. The van der Waals surface area contributed by atoms with Gasteiger partial charge in [-0.2, -0.15) is 5.26 Å². The van der Waals surface area contributed by atoms with Crippen molar-refractivity contribution < 1.29 is 4.79 Å². The first-order chi connectivity index (χ1) is 9.13. The summed E-state index contributed by atoms with van der Waals surface area (Å²) in [4.78, 5) is 14.2. The van der Waals surface area contributed by atoms with Gasteiger partial charge >= 0.3 is 0 Å². The fourth-order valence-electron chi connectivity index (χ4n) is 3.37. The van der Waals surface area contributed by atoms with Crippen molar-refractivity contribution in [2.24, 2.45) is 5.92 Å². The van der Waals surface area contributed by atoms with Crippen LogP contribution in [0.5, 0.6) is 0 Å². The van der Waals surface area contributed by atoms with Crippen LogP contribution in [0.3, 0.4) is 0 Å². The zero-order valence-electron chi connectivity index (χ0n) is 12.1. The number of likely N-dealkylation sites (tertiary alicyclic amines) is 1. The summed E-state index contributed by atoms with van der Waals surface area (Å²) in [6.45, 7) is 4.95. The molecule has 1 N–H and O–H groups in total. The fourth-order valence-corrected chi connectivity index (χ4v) is 3.37. The lowest BCUT2D eigenvalue weighted by atomic mass is 9.85. The number of hydrogen-bond donors (Lipinski definition) is 1.